The fourth-order valence-corrected chi connectivity index (χ4v) is 2.68. The Bertz CT molecular complexity index is 383. The van der Waals surface area contributed by atoms with E-state index in [2.05, 4.69) is 65.9 Å². The predicted octanol–water partition coefficient (Wildman–Crippen LogP) is 4.42. The molecule has 1 N–H and O–H groups in total. The zero-order valence-electron chi connectivity index (χ0n) is 13.8. The van der Waals surface area contributed by atoms with Crippen LogP contribution < -0.4 is 5.32 Å². The number of rotatable bonds is 6. The van der Waals surface area contributed by atoms with Gasteiger partial charge in [-0.25, -0.2) is 0 Å². The molecule has 0 aliphatic carbocycles. The highest BCUT2D eigenvalue weighted by molar-refractivity contribution is 5.37. The van der Waals surface area contributed by atoms with Crippen molar-refractivity contribution in [2.24, 2.45) is 11.8 Å². The van der Waals surface area contributed by atoms with Crippen LogP contribution in [0.1, 0.15) is 49.9 Å². The van der Waals surface area contributed by atoms with Crippen LogP contribution in [0.15, 0.2) is 12.1 Å². The van der Waals surface area contributed by atoms with Gasteiger partial charge in [0.1, 0.15) is 0 Å². The minimum atomic E-state index is 0.581. The van der Waals surface area contributed by atoms with Gasteiger partial charge in [-0.15, -0.1) is 0 Å². The molecule has 1 rings (SSSR count). The average molecular weight is 261 g/mol. The van der Waals surface area contributed by atoms with E-state index >= 15 is 0 Å². The van der Waals surface area contributed by atoms with Gasteiger partial charge in [-0.2, -0.15) is 0 Å². The first kappa shape index (κ1) is 16.2. The topological polar surface area (TPSA) is 12.0 Å². The summed E-state index contributed by atoms with van der Waals surface area (Å²) in [6.07, 6.45) is 1.19. The summed E-state index contributed by atoms with van der Waals surface area (Å²) >= 11 is 0. The van der Waals surface area contributed by atoms with Crippen molar-refractivity contribution in [1.29, 1.82) is 0 Å². The summed E-state index contributed by atoms with van der Waals surface area (Å²) in [5.74, 6) is 1.42. The molecular weight excluding hydrogens is 230 g/mol. The first-order valence-electron chi connectivity index (χ1n) is 7.61. The largest absolute Gasteiger partial charge is 0.314 e. The van der Waals surface area contributed by atoms with Gasteiger partial charge in [-0.1, -0.05) is 45.4 Å². The van der Waals surface area contributed by atoms with Crippen molar-refractivity contribution >= 4 is 0 Å². The Morgan fingerprint density at radius 3 is 1.89 bits per heavy atom. The van der Waals surface area contributed by atoms with Crippen LogP contribution >= 0.6 is 0 Å². The van der Waals surface area contributed by atoms with Crippen molar-refractivity contribution in [3.63, 3.8) is 0 Å². The fourth-order valence-electron chi connectivity index (χ4n) is 2.68. The third-order valence-electron chi connectivity index (χ3n) is 4.19. The third kappa shape index (κ3) is 4.99. The SMILES string of the molecule is Cc1cc(C)c(CC(C)C(C)CNC(C)C)c(C)c1. The van der Waals surface area contributed by atoms with Crippen molar-refractivity contribution in [3.05, 3.63) is 34.4 Å². The normalized spacial score (nSPS) is 14.7. The molecule has 2 atom stereocenters. The molecule has 0 saturated heterocycles. The Balaban J connectivity index is 2.69. The molecule has 1 aromatic carbocycles. The summed E-state index contributed by atoms with van der Waals surface area (Å²) < 4.78 is 0. The molecule has 0 aromatic heterocycles. The third-order valence-corrected chi connectivity index (χ3v) is 4.19. The lowest BCUT2D eigenvalue weighted by Crippen LogP contribution is -2.31. The molecule has 0 aliphatic rings. The van der Waals surface area contributed by atoms with Crippen LogP contribution in [0.4, 0.5) is 0 Å². The van der Waals surface area contributed by atoms with Crippen LogP contribution in [0.25, 0.3) is 0 Å². The van der Waals surface area contributed by atoms with Crippen LogP contribution in [-0.2, 0) is 6.42 Å². The van der Waals surface area contributed by atoms with E-state index in [-0.39, 0.29) is 0 Å². The zero-order valence-corrected chi connectivity index (χ0v) is 13.8. The van der Waals surface area contributed by atoms with Crippen LogP contribution in [-0.4, -0.2) is 12.6 Å². The number of aryl methyl sites for hydroxylation is 3. The van der Waals surface area contributed by atoms with Gasteiger partial charge in [0.15, 0.2) is 0 Å². The predicted molar refractivity (Wildman–Crippen MR) is 85.8 cm³/mol. The highest BCUT2D eigenvalue weighted by Gasteiger charge is 2.15. The molecule has 0 radical (unpaired) electrons. The van der Waals surface area contributed by atoms with Crippen molar-refractivity contribution in [3.8, 4) is 0 Å². The molecule has 0 saturated carbocycles. The number of nitrogens with one attached hydrogen (secondary N) is 1. The molecular formula is C18H31N. The Kier molecular flexibility index (Phi) is 6.06. The number of hydrogen-bond acceptors (Lipinski definition) is 1. The fraction of sp³-hybridized carbons (Fsp3) is 0.667. The molecule has 0 aliphatic heterocycles. The van der Waals surface area contributed by atoms with E-state index in [1.165, 1.54) is 23.1 Å². The standard InChI is InChI=1S/C18H31N/c1-12(2)19-11-17(7)14(4)10-18-15(5)8-13(3)9-16(18)6/h8-9,12,14,17,19H,10-11H2,1-7H3. The van der Waals surface area contributed by atoms with E-state index < -0.39 is 0 Å². The highest BCUT2D eigenvalue weighted by Crippen LogP contribution is 2.23. The second-order valence-electron chi connectivity index (χ2n) is 6.60. The second-order valence-corrected chi connectivity index (χ2v) is 6.60. The Hall–Kier alpha value is -0.820. The van der Waals surface area contributed by atoms with Gasteiger partial charge in [-0.3, -0.25) is 0 Å². The highest BCUT2D eigenvalue weighted by atomic mass is 14.9. The van der Waals surface area contributed by atoms with E-state index in [4.69, 9.17) is 0 Å². The summed E-state index contributed by atoms with van der Waals surface area (Å²) in [5.41, 5.74) is 5.83. The summed E-state index contributed by atoms with van der Waals surface area (Å²) in [4.78, 5) is 0. The zero-order chi connectivity index (χ0) is 14.6. The number of benzene rings is 1. The van der Waals surface area contributed by atoms with Crippen molar-refractivity contribution in [1.82, 2.24) is 5.32 Å². The molecule has 1 heteroatoms. The Labute approximate surface area is 119 Å². The van der Waals surface area contributed by atoms with Gasteiger partial charge in [0.25, 0.3) is 0 Å². The van der Waals surface area contributed by atoms with E-state index in [1.54, 1.807) is 5.56 Å². The second kappa shape index (κ2) is 7.09. The first-order chi connectivity index (χ1) is 8.81. The average Bonchev–Trinajstić information content (AvgIpc) is 2.30. The minimum Gasteiger partial charge on any atom is -0.314 e. The molecule has 0 bridgehead atoms. The summed E-state index contributed by atoms with van der Waals surface area (Å²) in [6, 6.07) is 5.20. The lowest BCUT2D eigenvalue weighted by molar-refractivity contribution is 0.353. The lowest BCUT2D eigenvalue weighted by atomic mass is 9.86. The summed E-state index contributed by atoms with van der Waals surface area (Å²) in [5, 5.41) is 3.55. The molecule has 1 nitrogen and oxygen atoms in total. The lowest BCUT2D eigenvalue weighted by Gasteiger charge is -2.23. The van der Waals surface area contributed by atoms with Crippen LogP contribution in [0.3, 0.4) is 0 Å². The summed E-state index contributed by atoms with van der Waals surface area (Å²) in [6.45, 7) is 17.0. The maximum Gasteiger partial charge on any atom is 0.00104 e. The van der Waals surface area contributed by atoms with E-state index in [0.29, 0.717) is 17.9 Å². The molecule has 0 amide bonds. The molecule has 0 fully saturated rings. The smallest absolute Gasteiger partial charge is 0.00104 e. The maximum absolute atomic E-state index is 3.55. The molecule has 19 heavy (non-hydrogen) atoms. The van der Waals surface area contributed by atoms with E-state index in [1.807, 2.05) is 0 Å². The first-order valence-corrected chi connectivity index (χ1v) is 7.61. The Morgan fingerprint density at radius 1 is 0.895 bits per heavy atom. The van der Waals surface area contributed by atoms with Gasteiger partial charge in [0, 0.05) is 6.04 Å². The number of hydrogen-bond donors (Lipinski definition) is 1. The molecule has 0 spiro atoms. The minimum absolute atomic E-state index is 0.581. The van der Waals surface area contributed by atoms with Crippen LogP contribution in [0, 0.1) is 32.6 Å². The quantitative estimate of drug-likeness (QED) is 0.799. The van der Waals surface area contributed by atoms with E-state index in [0.717, 1.165) is 6.54 Å². The molecule has 2 unspecified atom stereocenters. The van der Waals surface area contributed by atoms with Gasteiger partial charge < -0.3 is 5.32 Å². The van der Waals surface area contributed by atoms with Crippen molar-refractivity contribution < 1.29 is 0 Å². The van der Waals surface area contributed by atoms with Crippen molar-refractivity contribution in [2.45, 2.75) is 60.9 Å². The molecule has 0 heterocycles. The Morgan fingerprint density at radius 2 is 1.42 bits per heavy atom. The van der Waals surface area contributed by atoms with Crippen LogP contribution in [0.5, 0.6) is 0 Å². The van der Waals surface area contributed by atoms with Gasteiger partial charge in [0.2, 0.25) is 0 Å². The van der Waals surface area contributed by atoms with Gasteiger partial charge in [-0.05, 0) is 62.3 Å². The maximum atomic E-state index is 3.55. The molecule has 1 aromatic rings. The summed E-state index contributed by atoms with van der Waals surface area (Å²) in [7, 11) is 0. The van der Waals surface area contributed by atoms with E-state index in [9.17, 15) is 0 Å². The van der Waals surface area contributed by atoms with Gasteiger partial charge >= 0.3 is 0 Å². The monoisotopic (exact) mass is 261 g/mol. The van der Waals surface area contributed by atoms with Crippen LogP contribution in [0.2, 0.25) is 0 Å². The van der Waals surface area contributed by atoms with Crippen molar-refractivity contribution in [2.75, 3.05) is 6.54 Å². The van der Waals surface area contributed by atoms with Gasteiger partial charge in [0.05, 0.1) is 0 Å². The molecule has 108 valence electrons.